The summed E-state index contributed by atoms with van der Waals surface area (Å²) >= 11 is 0. The first kappa shape index (κ1) is 23.8. The Bertz CT molecular complexity index is 1300. The number of ether oxygens (including phenoxy) is 1. The summed E-state index contributed by atoms with van der Waals surface area (Å²) in [7, 11) is 1.66. The zero-order valence-electron chi connectivity index (χ0n) is 20.6. The summed E-state index contributed by atoms with van der Waals surface area (Å²) < 4.78 is 5.42. The Hall–Kier alpha value is -3.91. The van der Waals surface area contributed by atoms with Crippen LogP contribution in [0.3, 0.4) is 0 Å². The minimum Gasteiger partial charge on any atom is -0.491 e. The average Bonchev–Trinajstić information content (AvgIpc) is 3.35. The van der Waals surface area contributed by atoms with Gasteiger partial charge in [-0.15, -0.1) is 0 Å². The van der Waals surface area contributed by atoms with Gasteiger partial charge in [-0.3, -0.25) is 9.69 Å². The smallest absolute Gasteiger partial charge is 0.251 e. The molecule has 1 aliphatic heterocycles. The fourth-order valence-corrected chi connectivity index (χ4v) is 4.78. The van der Waals surface area contributed by atoms with Crippen molar-refractivity contribution in [2.45, 2.75) is 19.4 Å². The number of hydrogen-bond acceptors (Lipinski definition) is 6. The van der Waals surface area contributed by atoms with Gasteiger partial charge in [0.25, 0.3) is 5.91 Å². The topological polar surface area (TPSA) is 86.4 Å². The Labute approximate surface area is 211 Å². The predicted octanol–water partition coefficient (Wildman–Crippen LogP) is 3.65. The molecular formula is C28H32N6O2. The van der Waals surface area contributed by atoms with Crippen molar-refractivity contribution < 1.29 is 9.53 Å². The van der Waals surface area contributed by atoms with Crippen molar-refractivity contribution in [3.05, 3.63) is 83.9 Å². The fraction of sp³-hybridized carbons (Fsp3) is 0.321. The van der Waals surface area contributed by atoms with E-state index >= 15 is 0 Å². The highest BCUT2D eigenvalue weighted by atomic mass is 16.5. The van der Waals surface area contributed by atoms with E-state index in [2.05, 4.69) is 36.3 Å². The third kappa shape index (κ3) is 5.49. The molecule has 8 nitrogen and oxygen atoms in total. The third-order valence-electron chi connectivity index (χ3n) is 6.80. The van der Waals surface area contributed by atoms with E-state index in [1.165, 1.54) is 5.56 Å². The van der Waals surface area contributed by atoms with E-state index in [0.29, 0.717) is 12.1 Å². The summed E-state index contributed by atoms with van der Waals surface area (Å²) in [5, 5.41) is 4.15. The summed E-state index contributed by atoms with van der Waals surface area (Å²) in [5.41, 5.74) is 4.10. The molecule has 1 amide bonds. The van der Waals surface area contributed by atoms with E-state index in [9.17, 15) is 4.79 Å². The Morgan fingerprint density at radius 1 is 1.11 bits per heavy atom. The molecule has 0 saturated carbocycles. The number of hydrogen-bond donors (Lipinski definition) is 2. The van der Waals surface area contributed by atoms with Gasteiger partial charge in [-0.05, 0) is 48.7 Å². The van der Waals surface area contributed by atoms with Gasteiger partial charge in [-0.25, -0.2) is 9.97 Å². The van der Waals surface area contributed by atoms with Gasteiger partial charge in [0.2, 0.25) is 0 Å². The average molecular weight is 485 g/mol. The van der Waals surface area contributed by atoms with Crippen molar-refractivity contribution in [3.8, 4) is 5.75 Å². The molecule has 4 aromatic rings. The van der Waals surface area contributed by atoms with Crippen molar-refractivity contribution in [1.82, 2.24) is 25.2 Å². The van der Waals surface area contributed by atoms with Gasteiger partial charge in [0.05, 0.1) is 13.3 Å². The van der Waals surface area contributed by atoms with E-state index in [4.69, 9.17) is 4.74 Å². The van der Waals surface area contributed by atoms with Crippen molar-refractivity contribution in [2.75, 3.05) is 44.7 Å². The van der Waals surface area contributed by atoms with Gasteiger partial charge in [-0.2, -0.15) is 0 Å². The summed E-state index contributed by atoms with van der Waals surface area (Å²) in [6.45, 7) is 5.39. The van der Waals surface area contributed by atoms with Gasteiger partial charge in [0.15, 0.2) is 11.6 Å². The maximum absolute atomic E-state index is 12.7. The molecule has 0 unspecified atom stereocenters. The fourth-order valence-electron chi connectivity index (χ4n) is 4.78. The number of rotatable bonds is 9. The molecule has 36 heavy (non-hydrogen) atoms. The molecule has 0 bridgehead atoms. The molecule has 1 fully saturated rings. The second kappa shape index (κ2) is 11.2. The number of H-pyrrole nitrogens is 1. The lowest BCUT2D eigenvalue weighted by Gasteiger charge is -2.35. The maximum atomic E-state index is 12.7. The van der Waals surface area contributed by atoms with Crippen LogP contribution in [0.5, 0.6) is 5.75 Å². The second-order valence-electron chi connectivity index (χ2n) is 9.09. The lowest BCUT2D eigenvalue weighted by atomic mass is 10.0. The molecule has 0 atom stereocenters. The number of carbonyl (C=O) groups excluding carboxylic acids is 1. The van der Waals surface area contributed by atoms with E-state index in [0.717, 1.165) is 73.6 Å². The van der Waals surface area contributed by atoms with Crippen molar-refractivity contribution in [1.29, 1.82) is 0 Å². The summed E-state index contributed by atoms with van der Waals surface area (Å²) in [5.74, 6) is 1.54. The standard InChI is InChI=1S/C28H32N6O2/c1-36-26-19-29-20-32-27(26)34-14-12-33(13-15-34)11-5-8-23-18-30-25-10-9-22(16-24(23)25)28(35)31-17-21-6-3-2-4-7-21/h2-4,6-7,9-10,16,18-20,30H,5,8,11-15,17H2,1H3,(H,31,35). The minimum atomic E-state index is -0.0499. The third-order valence-corrected chi connectivity index (χ3v) is 6.80. The molecule has 1 aliphatic rings. The van der Waals surface area contributed by atoms with Crippen LogP contribution < -0.4 is 15.0 Å². The number of aryl methyl sites for hydroxylation is 1. The van der Waals surface area contributed by atoms with E-state index < -0.39 is 0 Å². The minimum absolute atomic E-state index is 0.0499. The summed E-state index contributed by atoms with van der Waals surface area (Å²) in [6, 6.07) is 15.9. The van der Waals surface area contributed by atoms with Gasteiger partial charge in [-0.1, -0.05) is 30.3 Å². The molecule has 2 aromatic heterocycles. The lowest BCUT2D eigenvalue weighted by Crippen LogP contribution is -2.47. The van der Waals surface area contributed by atoms with Gasteiger partial charge >= 0.3 is 0 Å². The Kier molecular flexibility index (Phi) is 7.42. The Morgan fingerprint density at radius 2 is 1.94 bits per heavy atom. The van der Waals surface area contributed by atoms with E-state index in [1.807, 2.05) is 48.5 Å². The van der Waals surface area contributed by atoms with E-state index in [1.54, 1.807) is 19.6 Å². The number of nitrogens with one attached hydrogen (secondary N) is 2. The molecule has 3 heterocycles. The van der Waals surface area contributed by atoms with Gasteiger partial charge in [0.1, 0.15) is 6.33 Å². The van der Waals surface area contributed by atoms with Crippen LogP contribution in [-0.2, 0) is 13.0 Å². The molecule has 2 N–H and O–H groups in total. The van der Waals surface area contributed by atoms with Crippen molar-refractivity contribution in [2.24, 2.45) is 0 Å². The number of amides is 1. The number of aromatic amines is 1. The van der Waals surface area contributed by atoms with Gasteiger partial charge < -0.3 is 19.9 Å². The van der Waals surface area contributed by atoms with Crippen LogP contribution >= 0.6 is 0 Å². The van der Waals surface area contributed by atoms with Crippen LogP contribution in [0, 0.1) is 0 Å². The normalized spacial score (nSPS) is 14.2. The van der Waals surface area contributed by atoms with Gasteiger partial charge in [0, 0.05) is 55.4 Å². The van der Waals surface area contributed by atoms with Crippen LogP contribution in [0.1, 0.15) is 27.9 Å². The molecule has 5 rings (SSSR count). The first-order valence-electron chi connectivity index (χ1n) is 12.4. The quantitative estimate of drug-likeness (QED) is 0.377. The van der Waals surface area contributed by atoms with Crippen LogP contribution in [0.15, 0.2) is 67.3 Å². The monoisotopic (exact) mass is 484 g/mol. The Balaban J connectivity index is 1.13. The molecule has 186 valence electrons. The first-order valence-corrected chi connectivity index (χ1v) is 12.4. The first-order chi connectivity index (χ1) is 17.7. The zero-order valence-corrected chi connectivity index (χ0v) is 20.6. The number of fused-ring (bicyclic) bond motifs is 1. The lowest BCUT2D eigenvalue weighted by molar-refractivity contribution is 0.0951. The number of nitrogens with zero attached hydrogens (tertiary/aromatic N) is 4. The van der Waals surface area contributed by atoms with Crippen LogP contribution in [0.25, 0.3) is 10.9 Å². The number of anilines is 1. The summed E-state index contributed by atoms with van der Waals surface area (Å²) in [6.07, 6.45) is 7.40. The predicted molar refractivity (Wildman–Crippen MR) is 141 cm³/mol. The zero-order chi connectivity index (χ0) is 24.7. The van der Waals surface area contributed by atoms with Crippen LogP contribution in [0.4, 0.5) is 5.82 Å². The number of methoxy groups -OCH3 is 1. The molecular weight excluding hydrogens is 452 g/mol. The number of aromatic nitrogens is 3. The highest BCUT2D eigenvalue weighted by molar-refractivity contribution is 5.98. The SMILES string of the molecule is COc1cncnc1N1CCN(CCCc2c[nH]c3ccc(C(=O)NCc4ccccc4)cc23)CC1. The molecule has 2 aromatic carbocycles. The van der Waals surface area contributed by atoms with E-state index in [-0.39, 0.29) is 5.91 Å². The molecule has 1 saturated heterocycles. The number of benzene rings is 2. The molecule has 8 heteroatoms. The van der Waals surface area contributed by atoms with Crippen molar-refractivity contribution >= 4 is 22.6 Å². The number of carbonyl (C=O) groups is 1. The maximum Gasteiger partial charge on any atom is 0.251 e. The number of piperazine rings is 1. The molecule has 0 aliphatic carbocycles. The molecule has 0 radical (unpaired) electrons. The highest BCUT2D eigenvalue weighted by Gasteiger charge is 2.20. The highest BCUT2D eigenvalue weighted by Crippen LogP contribution is 2.25. The van der Waals surface area contributed by atoms with Crippen molar-refractivity contribution in [3.63, 3.8) is 0 Å². The van der Waals surface area contributed by atoms with Crippen LogP contribution in [-0.4, -0.2) is 65.6 Å². The summed E-state index contributed by atoms with van der Waals surface area (Å²) in [4.78, 5) is 29.3. The largest absolute Gasteiger partial charge is 0.491 e. The Morgan fingerprint density at radius 3 is 2.75 bits per heavy atom. The second-order valence-corrected chi connectivity index (χ2v) is 9.09. The molecule has 0 spiro atoms. The van der Waals surface area contributed by atoms with Crippen LogP contribution in [0.2, 0.25) is 0 Å².